The molecule has 3 aromatic heterocycles. The molecule has 0 aliphatic rings. The van der Waals surface area contributed by atoms with E-state index in [-0.39, 0.29) is 6.54 Å². The van der Waals surface area contributed by atoms with Crippen LogP contribution in [0.4, 0.5) is 18.9 Å². The van der Waals surface area contributed by atoms with E-state index in [0.29, 0.717) is 34.6 Å². The van der Waals surface area contributed by atoms with Crippen molar-refractivity contribution in [3.63, 3.8) is 0 Å². The highest BCUT2D eigenvalue weighted by molar-refractivity contribution is 5.90. The predicted molar refractivity (Wildman–Crippen MR) is 101 cm³/mol. The zero-order valence-electron chi connectivity index (χ0n) is 16.0. The highest BCUT2D eigenvalue weighted by Crippen LogP contribution is 2.27. The van der Waals surface area contributed by atoms with Crippen LogP contribution in [0, 0.1) is 6.92 Å². The Balaban J connectivity index is 1.90. The highest BCUT2D eigenvalue weighted by atomic mass is 19.4. The summed E-state index contributed by atoms with van der Waals surface area (Å²) in [6.45, 7) is 4.34. The van der Waals surface area contributed by atoms with Gasteiger partial charge in [-0.15, -0.1) is 4.73 Å². The number of hydrogen-bond donors (Lipinski definition) is 1. The minimum absolute atomic E-state index is 0.175. The second kappa shape index (κ2) is 8.46. The standard InChI is InChI=1S/C19H20F3N5O2/c1-3-4-7-29-27-16(28)8-14(17-12(2)25-11-26-18(17)27)23-9-13-5-6-15(24-10-13)19(20,21)22/h5-6,8,10-11,23H,3-4,7,9H2,1-2H3. The smallest absolute Gasteiger partial charge is 0.409 e. The van der Waals surface area contributed by atoms with Gasteiger partial charge in [-0.05, 0) is 25.0 Å². The molecule has 3 rings (SSSR count). The number of aromatic nitrogens is 4. The molecule has 0 unspecified atom stereocenters. The summed E-state index contributed by atoms with van der Waals surface area (Å²) in [6.07, 6.45) is -0.282. The highest BCUT2D eigenvalue weighted by Gasteiger charge is 2.32. The largest absolute Gasteiger partial charge is 0.433 e. The van der Waals surface area contributed by atoms with Gasteiger partial charge in [-0.2, -0.15) is 13.2 Å². The van der Waals surface area contributed by atoms with Gasteiger partial charge in [0.2, 0.25) is 0 Å². The minimum atomic E-state index is -4.49. The first-order chi connectivity index (χ1) is 13.8. The Kier molecular flexibility index (Phi) is 6.00. The van der Waals surface area contributed by atoms with Crippen molar-refractivity contribution < 1.29 is 18.0 Å². The van der Waals surface area contributed by atoms with Crippen LogP contribution in [0.25, 0.3) is 11.0 Å². The molecule has 0 saturated carbocycles. The van der Waals surface area contributed by atoms with Crippen LogP contribution in [-0.4, -0.2) is 26.3 Å². The first-order valence-corrected chi connectivity index (χ1v) is 9.08. The van der Waals surface area contributed by atoms with Crippen molar-refractivity contribution in [2.24, 2.45) is 0 Å². The number of nitrogens with one attached hydrogen (secondary N) is 1. The van der Waals surface area contributed by atoms with Gasteiger partial charge in [0.1, 0.15) is 18.6 Å². The average Bonchev–Trinajstić information content (AvgIpc) is 2.68. The number of halogens is 3. The summed E-state index contributed by atoms with van der Waals surface area (Å²) in [5.41, 5.74) is 0.606. The molecule has 0 spiro atoms. The molecule has 1 N–H and O–H groups in total. The fourth-order valence-electron chi connectivity index (χ4n) is 2.75. The lowest BCUT2D eigenvalue weighted by Crippen LogP contribution is -2.29. The number of aryl methyl sites for hydroxylation is 1. The molecule has 3 aromatic rings. The SMILES string of the molecule is CCCCOn1c(=O)cc(NCc2ccc(C(F)(F)F)nc2)c2c(C)ncnc21. The lowest BCUT2D eigenvalue weighted by molar-refractivity contribution is -0.141. The van der Waals surface area contributed by atoms with Crippen molar-refractivity contribution in [2.45, 2.75) is 39.4 Å². The molecule has 0 radical (unpaired) electrons. The molecular weight excluding hydrogens is 387 g/mol. The maximum Gasteiger partial charge on any atom is 0.433 e. The number of hydrogen-bond acceptors (Lipinski definition) is 6. The molecule has 0 aromatic carbocycles. The Morgan fingerprint density at radius 3 is 2.66 bits per heavy atom. The van der Waals surface area contributed by atoms with E-state index >= 15 is 0 Å². The van der Waals surface area contributed by atoms with Crippen molar-refractivity contribution in [1.82, 2.24) is 19.7 Å². The monoisotopic (exact) mass is 407 g/mol. The van der Waals surface area contributed by atoms with E-state index in [1.54, 1.807) is 6.92 Å². The molecule has 0 bridgehead atoms. The van der Waals surface area contributed by atoms with Crippen LogP contribution in [0.2, 0.25) is 0 Å². The zero-order chi connectivity index (χ0) is 21.0. The summed E-state index contributed by atoms with van der Waals surface area (Å²) in [4.78, 5) is 29.9. The summed E-state index contributed by atoms with van der Waals surface area (Å²) in [7, 11) is 0. The summed E-state index contributed by atoms with van der Waals surface area (Å²) in [6, 6.07) is 3.62. The molecule has 0 amide bonds. The van der Waals surface area contributed by atoms with Gasteiger partial charge in [0.05, 0.1) is 16.8 Å². The van der Waals surface area contributed by atoms with E-state index in [1.165, 1.54) is 18.5 Å². The first-order valence-electron chi connectivity index (χ1n) is 9.08. The van der Waals surface area contributed by atoms with E-state index in [2.05, 4.69) is 20.3 Å². The van der Waals surface area contributed by atoms with Gasteiger partial charge >= 0.3 is 6.18 Å². The number of fused-ring (bicyclic) bond motifs is 1. The zero-order valence-corrected chi connectivity index (χ0v) is 16.0. The van der Waals surface area contributed by atoms with Crippen LogP contribution in [0.15, 0.2) is 35.5 Å². The number of alkyl halides is 3. The third-order valence-corrected chi connectivity index (χ3v) is 4.26. The minimum Gasteiger partial charge on any atom is -0.409 e. The molecule has 0 aliphatic carbocycles. The number of rotatable bonds is 7. The molecule has 154 valence electrons. The number of anilines is 1. The second-order valence-corrected chi connectivity index (χ2v) is 6.44. The van der Waals surface area contributed by atoms with Crippen LogP contribution >= 0.6 is 0 Å². The van der Waals surface area contributed by atoms with Crippen molar-refractivity contribution in [2.75, 3.05) is 11.9 Å². The molecule has 0 aliphatic heterocycles. The van der Waals surface area contributed by atoms with Crippen molar-refractivity contribution >= 4 is 16.7 Å². The molecule has 0 atom stereocenters. The van der Waals surface area contributed by atoms with E-state index < -0.39 is 17.4 Å². The van der Waals surface area contributed by atoms with E-state index in [9.17, 15) is 18.0 Å². The van der Waals surface area contributed by atoms with E-state index in [0.717, 1.165) is 29.8 Å². The lowest BCUT2D eigenvalue weighted by atomic mass is 10.2. The number of pyridine rings is 2. The molecule has 3 heterocycles. The summed E-state index contributed by atoms with van der Waals surface area (Å²) in [5.74, 6) is 0. The Labute approximate surface area is 164 Å². The maximum atomic E-state index is 12.6. The summed E-state index contributed by atoms with van der Waals surface area (Å²) < 4.78 is 39.1. The summed E-state index contributed by atoms with van der Waals surface area (Å²) in [5, 5.41) is 3.67. The third-order valence-electron chi connectivity index (χ3n) is 4.26. The van der Waals surface area contributed by atoms with Gasteiger partial charge in [-0.25, -0.2) is 9.97 Å². The first kappa shape index (κ1) is 20.6. The molecule has 7 nitrogen and oxygen atoms in total. The maximum absolute atomic E-state index is 12.6. The van der Waals surface area contributed by atoms with Crippen LogP contribution in [0.3, 0.4) is 0 Å². The fraction of sp³-hybridized carbons (Fsp3) is 0.368. The van der Waals surface area contributed by atoms with Crippen molar-refractivity contribution in [3.05, 3.63) is 58.0 Å². The summed E-state index contributed by atoms with van der Waals surface area (Å²) >= 11 is 0. The number of unbranched alkanes of at least 4 members (excludes halogenated alkanes) is 1. The molecule has 29 heavy (non-hydrogen) atoms. The van der Waals surface area contributed by atoms with Crippen molar-refractivity contribution in [3.8, 4) is 0 Å². The lowest BCUT2D eigenvalue weighted by Gasteiger charge is -2.15. The van der Waals surface area contributed by atoms with Crippen molar-refractivity contribution in [1.29, 1.82) is 0 Å². The Bertz CT molecular complexity index is 1050. The van der Waals surface area contributed by atoms with Gasteiger partial charge in [0.25, 0.3) is 5.56 Å². The Morgan fingerprint density at radius 2 is 2.00 bits per heavy atom. The Morgan fingerprint density at radius 1 is 1.21 bits per heavy atom. The van der Waals surface area contributed by atoms with Crippen LogP contribution in [-0.2, 0) is 12.7 Å². The molecule has 0 saturated heterocycles. The van der Waals surface area contributed by atoms with Gasteiger partial charge in [-0.3, -0.25) is 9.78 Å². The van der Waals surface area contributed by atoms with E-state index in [1.807, 2.05) is 6.92 Å². The number of nitrogens with zero attached hydrogens (tertiary/aromatic N) is 4. The van der Waals surface area contributed by atoms with Gasteiger partial charge in [0, 0.05) is 18.8 Å². The topological polar surface area (TPSA) is 81.9 Å². The van der Waals surface area contributed by atoms with Crippen LogP contribution in [0.5, 0.6) is 0 Å². The van der Waals surface area contributed by atoms with Gasteiger partial charge in [-0.1, -0.05) is 19.4 Å². The average molecular weight is 407 g/mol. The fourth-order valence-corrected chi connectivity index (χ4v) is 2.75. The molecule has 0 fully saturated rings. The Hall–Kier alpha value is -3.17. The van der Waals surface area contributed by atoms with Gasteiger partial charge < -0.3 is 10.2 Å². The normalized spacial score (nSPS) is 11.6. The quantitative estimate of drug-likeness (QED) is 0.605. The van der Waals surface area contributed by atoms with Gasteiger partial charge in [0.15, 0.2) is 5.65 Å². The van der Waals surface area contributed by atoms with Crippen LogP contribution < -0.4 is 15.7 Å². The predicted octanol–water partition coefficient (Wildman–Crippen LogP) is 3.35. The van der Waals surface area contributed by atoms with E-state index in [4.69, 9.17) is 4.84 Å². The molecular formula is C19H20F3N5O2. The second-order valence-electron chi connectivity index (χ2n) is 6.44. The molecule has 10 heteroatoms. The third kappa shape index (κ3) is 4.64. The van der Waals surface area contributed by atoms with Crippen LogP contribution in [0.1, 0.15) is 36.7 Å².